The number of anilines is 1. The molecule has 0 saturated carbocycles. The number of aryl methyl sites for hydroxylation is 1. The first-order valence-electron chi connectivity index (χ1n) is 5.39. The van der Waals surface area contributed by atoms with Crippen molar-refractivity contribution in [1.82, 2.24) is 0 Å². The molecule has 0 aromatic heterocycles. The Hall–Kier alpha value is -1.10. The highest BCUT2D eigenvalue weighted by Crippen LogP contribution is 2.15. The van der Waals surface area contributed by atoms with Crippen LogP contribution in [0.5, 0.6) is 0 Å². The lowest BCUT2D eigenvalue weighted by Crippen LogP contribution is -1.99. The number of hydrogen-bond acceptors (Lipinski definition) is 1. The van der Waals surface area contributed by atoms with Gasteiger partial charge in [-0.05, 0) is 71.0 Å². The molecular formula is C14H13FIN. The third-order valence-corrected chi connectivity index (χ3v) is 3.29. The second-order valence-electron chi connectivity index (χ2n) is 3.94. The fraction of sp³-hybridized carbons (Fsp3) is 0.143. The van der Waals surface area contributed by atoms with Crippen LogP contribution >= 0.6 is 22.6 Å². The Morgan fingerprint density at radius 2 is 1.82 bits per heavy atom. The highest BCUT2D eigenvalue weighted by atomic mass is 127. The van der Waals surface area contributed by atoms with Crippen LogP contribution < -0.4 is 5.32 Å². The van der Waals surface area contributed by atoms with Gasteiger partial charge in [0.25, 0.3) is 0 Å². The summed E-state index contributed by atoms with van der Waals surface area (Å²) in [6.45, 7) is 2.52. The third-order valence-electron chi connectivity index (χ3n) is 2.57. The maximum absolute atomic E-state index is 13.1. The van der Waals surface area contributed by atoms with Crippen molar-refractivity contribution in [3.05, 3.63) is 63.0 Å². The van der Waals surface area contributed by atoms with Crippen molar-refractivity contribution in [2.75, 3.05) is 5.32 Å². The molecule has 0 fully saturated rings. The molecule has 17 heavy (non-hydrogen) atoms. The monoisotopic (exact) mass is 341 g/mol. The van der Waals surface area contributed by atoms with Crippen molar-refractivity contribution >= 4 is 28.3 Å². The number of rotatable bonds is 3. The van der Waals surface area contributed by atoms with E-state index < -0.39 is 0 Å². The summed E-state index contributed by atoms with van der Waals surface area (Å²) in [6, 6.07) is 13.4. The second kappa shape index (κ2) is 5.49. The van der Waals surface area contributed by atoms with Crippen LogP contribution in [0.25, 0.3) is 0 Å². The van der Waals surface area contributed by atoms with Crippen molar-refractivity contribution in [1.29, 1.82) is 0 Å². The predicted molar refractivity (Wildman–Crippen MR) is 77.6 cm³/mol. The van der Waals surface area contributed by atoms with Gasteiger partial charge in [-0.15, -0.1) is 0 Å². The molecule has 0 radical (unpaired) electrons. The number of nitrogens with one attached hydrogen (secondary N) is 1. The number of hydrogen-bond donors (Lipinski definition) is 1. The maximum Gasteiger partial charge on any atom is 0.126 e. The second-order valence-corrected chi connectivity index (χ2v) is 5.19. The average molecular weight is 341 g/mol. The molecule has 0 aliphatic heterocycles. The van der Waals surface area contributed by atoms with Crippen LogP contribution in [-0.4, -0.2) is 0 Å². The van der Waals surface area contributed by atoms with E-state index in [1.807, 2.05) is 6.07 Å². The molecule has 0 aliphatic carbocycles. The van der Waals surface area contributed by atoms with Gasteiger partial charge in [-0.3, -0.25) is 0 Å². The molecule has 0 spiro atoms. The van der Waals surface area contributed by atoms with E-state index in [4.69, 9.17) is 0 Å². The van der Waals surface area contributed by atoms with E-state index in [0.29, 0.717) is 5.56 Å². The molecule has 0 amide bonds. The first-order valence-corrected chi connectivity index (χ1v) is 6.47. The van der Waals surface area contributed by atoms with Gasteiger partial charge >= 0.3 is 0 Å². The van der Waals surface area contributed by atoms with Gasteiger partial charge in [0.1, 0.15) is 5.82 Å². The van der Waals surface area contributed by atoms with Gasteiger partial charge in [-0.2, -0.15) is 0 Å². The van der Waals surface area contributed by atoms with Gasteiger partial charge in [0.15, 0.2) is 0 Å². The molecule has 2 aromatic carbocycles. The molecule has 0 aliphatic rings. The van der Waals surface area contributed by atoms with Crippen LogP contribution in [-0.2, 0) is 6.54 Å². The average Bonchev–Trinajstić information content (AvgIpc) is 2.33. The largest absolute Gasteiger partial charge is 0.381 e. The van der Waals surface area contributed by atoms with Gasteiger partial charge in [-0.1, -0.05) is 12.1 Å². The molecule has 0 heterocycles. The quantitative estimate of drug-likeness (QED) is 0.819. The van der Waals surface area contributed by atoms with E-state index in [2.05, 4.69) is 52.2 Å². The summed E-state index contributed by atoms with van der Waals surface area (Å²) in [6.07, 6.45) is 0. The molecule has 1 N–H and O–H groups in total. The van der Waals surface area contributed by atoms with Crippen LogP contribution in [0.2, 0.25) is 0 Å². The number of benzene rings is 2. The summed E-state index contributed by atoms with van der Waals surface area (Å²) in [5.74, 6) is -0.162. The van der Waals surface area contributed by atoms with E-state index in [-0.39, 0.29) is 5.82 Å². The van der Waals surface area contributed by atoms with Crippen LogP contribution in [0, 0.1) is 16.3 Å². The van der Waals surface area contributed by atoms with Crippen LogP contribution in [0.3, 0.4) is 0 Å². The Morgan fingerprint density at radius 3 is 2.47 bits per heavy atom. The summed E-state index contributed by atoms with van der Waals surface area (Å²) >= 11 is 2.28. The minimum Gasteiger partial charge on any atom is -0.381 e. The normalized spacial score (nSPS) is 10.3. The summed E-state index contributed by atoms with van der Waals surface area (Å²) in [4.78, 5) is 0. The van der Waals surface area contributed by atoms with Crippen molar-refractivity contribution in [2.24, 2.45) is 0 Å². The van der Waals surface area contributed by atoms with Gasteiger partial charge in [0.05, 0.1) is 0 Å². The Labute approximate surface area is 114 Å². The minimum absolute atomic E-state index is 0.162. The zero-order valence-corrected chi connectivity index (χ0v) is 11.7. The van der Waals surface area contributed by atoms with E-state index in [1.165, 1.54) is 15.2 Å². The van der Waals surface area contributed by atoms with Crippen molar-refractivity contribution in [3.8, 4) is 0 Å². The lowest BCUT2D eigenvalue weighted by molar-refractivity contribution is 0.618. The smallest absolute Gasteiger partial charge is 0.126 e. The van der Waals surface area contributed by atoms with E-state index in [0.717, 1.165) is 12.2 Å². The molecule has 1 nitrogen and oxygen atoms in total. The van der Waals surface area contributed by atoms with Gasteiger partial charge in [0, 0.05) is 15.8 Å². The van der Waals surface area contributed by atoms with Crippen molar-refractivity contribution in [3.63, 3.8) is 0 Å². The van der Waals surface area contributed by atoms with Crippen molar-refractivity contribution in [2.45, 2.75) is 13.5 Å². The van der Waals surface area contributed by atoms with Gasteiger partial charge in [0.2, 0.25) is 0 Å². The Bertz CT molecular complexity index is 508. The van der Waals surface area contributed by atoms with Gasteiger partial charge in [-0.25, -0.2) is 4.39 Å². The molecule has 2 rings (SSSR count). The summed E-state index contributed by atoms with van der Waals surface area (Å²) < 4.78 is 14.3. The fourth-order valence-corrected chi connectivity index (χ4v) is 1.92. The zero-order valence-electron chi connectivity index (χ0n) is 9.50. The van der Waals surface area contributed by atoms with Crippen molar-refractivity contribution < 1.29 is 4.39 Å². The van der Waals surface area contributed by atoms with Gasteiger partial charge < -0.3 is 5.32 Å². The summed E-state index contributed by atoms with van der Waals surface area (Å²) in [7, 11) is 0. The molecule has 2 aromatic rings. The highest BCUT2D eigenvalue weighted by Gasteiger charge is 1.99. The molecule has 3 heteroatoms. The highest BCUT2D eigenvalue weighted by molar-refractivity contribution is 14.1. The third kappa shape index (κ3) is 3.43. The first kappa shape index (κ1) is 12.4. The lowest BCUT2D eigenvalue weighted by atomic mass is 10.2. The molecule has 0 atom stereocenters. The Morgan fingerprint density at radius 1 is 1.12 bits per heavy atom. The number of halogens is 2. The molecule has 88 valence electrons. The lowest BCUT2D eigenvalue weighted by Gasteiger charge is -2.08. The Balaban J connectivity index is 2.02. The summed E-state index contributed by atoms with van der Waals surface area (Å²) in [5.41, 5.74) is 2.83. The minimum atomic E-state index is -0.162. The van der Waals surface area contributed by atoms with E-state index >= 15 is 0 Å². The molecule has 0 saturated heterocycles. The molecular weight excluding hydrogens is 328 g/mol. The first-order chi connectivity index (χ1) is 8.15. The van der Waals surface area contributed by atoms with Crippen LogP contribution in [0.4, 0.5) is 10.1 Å². The fourth-order valence-electron chi connectivity index (χ4n) is 1.56. The molecule has 0 unspecified atom stereocenters. The molecule has 0 bridgehead atoms. The van der Waals surface area contributed by atoms with E-state index in [9.17, 15) is 4.39 Å². The zero-order chi connectivity index (χ0) is 12.3. The standard InChI is InChI=1S/C14H13FIN/c1-10-8-13(6-7-14(10)15)17-9-11-2-4-12(16)5-3-11/h2-8,17H,9H2,1H3. The maximum atomic E-state index is 13.1. The topological polar surface area (TPSA) is 12.0 Å². The summed E-state index contributed by atoms with van der Waals surface area (Å²) in [5, 5.41) is 3.28. The SMILES string of the molecule is Cc1cc(NCc2ccc(I)cc2)ccc1F. The Kier molecular flexibility index (Phi) is 3.99. The van der Waals surface area contributed by atoms with E-state index in [1.54, 1.807) is 13.0 Å². The van der Waals surface area contributed by atoms with Crippen LogP contribution in [0.1, 0.15) is 11.1 Å². The predicted octanol–water partition coefficient (Wildman–Crippen LogP) is 4.35. The van der Waals surface area contributed by atoms with Crippen LogP contribution in [0.15, 0.2) is 42.5 Å².